The van der Waals surface area contributed by atoms with Crippen LogP contribution in [0.15, 0.2) is 150 Å². The number of para-hydroxylation sites is 2. The van der Waals surface area contributed by atoms with Crippen molar-refractivity contribution in [1.82, 2.24) is 9.55 Å². The highest BCUT2D eigenvalue weighted by molar-refractivity contribution is 7.26. The highest BCUT2D eigenvalue weighted by atomic mass is 32.1. The van der Waals surface area contributed by atoms with Crippen molar-refractivity contribution in [3.05, 3.63) is 146 Å². The average molecular weight is 569 g/mol. The highest BCUT2D eigenvalue weighted by Gasteiger charge is 2.22. The summed E-state index contributed by atoms with van der Waals surface area (Å²) in [5.74, 6) is 0. The Morgan fingerprint density at radius 1 is 0.535 bits per heavy atom. The van der Waals surface area contributed by atoms with Gasteiger partial charge in [-0.25, -0.2) is 4.98 Å². The molecule has 3 nitrogen and oxygen atoms in total. The van der Waals surface area contributed by atoms with Crippen LogP contribution >= 0.6 is 11.3 Å². The number of aromatic nitrogens is 2. The largest absolute Gasteiger partial charge is 0.438 e. The molecule has 9 rings (SSSR count). The molecule has 0 aliphatic heterocycles. The molecule has 9 aromatic rings. The number of hydrogen-bond donors (Lipinski definition) is 0. The maximum absolute atomic E-state index is 6.81. The fourth-order valence-corrected chi connectivity index (χ4v) is 7.36. The van der Waals surface area contributed by atoms with Crippen LogP contribution in [0.1, 0.15) is 0 Å². The van der Waals surface area contributed by atoms with Crippen molar-refractivity contribution < 1.29 is 4.42 Å². The summed E-state index contributed by atoms with van der Waals surface area (Å²) in [5.41, 5.74) is 10.5. The second-order valence-electron chi connectivity index (χ2n) is 10.8. The molecule has 0 saturated carbocycles. The number of benzene rings is 5. The van der Waals surface area contributed by atoms with Crippen molar-refractivity contribution in [2.45, 2.75) is 0 Å². The minimum Gasteiger partial charge on any atom is -0.438 e. The first kappa shape index (κ1) is 24.2. The number of nitrogens with zero attached hydrogens (tertiary/aromatic N) is 2. The number of fused-ring (bicyclic) bond motifs is 7. The maximum atomic E-state index is 6.81. The van der Waals surface area contributed by atoms with Crippen molar-refractivity contribution in [3.8, 4) is 39.3 Å². The van der Waals surface area contributed by atoms with Gasteiger partial charge in [0.2, 0.25) is 5.71 Å². The molecule has 5 aromatic carbocycles. The van der Waals surface area contributed by atoms with Gasteiger partial charge in [0.05, 0.1) is 27.0 Å². The molecule has 0 unspecified atom stereocenters. The summed E-state index contributed by atoms with van der Waals surface area (Å²) in [5, 5.41) is 3.52. The Hall–Kier alpha value is -5.45. The summed E-state index contributed by atoms with van der Waals surface area (Å²) in [7, 11) is 0. The van der Waals surface area contributed by atoms with E-state index in [4.69, 9.17) is 9.40 Å². The molecule has 0 aliphatic rings. The van der Waals surface area contributed by atoms with Crippen LogP contribution < -0.4 is 0 Å². The summed E-state index contributed by atoms with van der Waals surface area (Å²) in [6, 6.07) is 51.0. The first-order chi connectivity index (χ1) is 21.3. The fraction of sp³-hybridized carbons (Fsp3) is 0. The van der Waals surface area contributed by atoms with Crippen LogP contribution in [0.5, 0.6) is 0 Å². The van der Waals surface area contributed by atoms with Gasteiger partial charge in [0.25, 0.3) is 0 Å². The topological polar surface area (TPSA) is 31.0 Å². The maximum Gasteiger partial charge on any atom is 0.214 e. The van der Waals surface area contributed by atoms with E-state index in [1.807, 2.05) is 18.2 Å². The molecule has 0 amide bonds. The van der Waals surface area contributed by atoms with E-state index in [9.17, 15) is 0 Å². The molecule has 4 aromatic heterocycles. The minimum atomic E-state index is 0.891. The smallest absolute Gasteiger partial charge is 0.214 e. The Labute approximate surface area is 251 Å². The molecule has 0 spiro atoms. The zero-order valence-corrected chi connectivity index (χ0v) is 23.9. The minimum absolute atomic E-state index is 0.891. The SMILES string of the molecule is c1ccc(-c2cc(-c3ccc4sc5c(oc6c5c5ccccc5n6-c5ccccc5)c4c3)cc(-c3ccccc3)n2)cc1. The van der Waals surface area contributed by atoms with E-state index in [0.717, 1.165) is 61.5 Å². The molecular formula is C39H24N2OS. The van der Waals surface area contributed by atoms with Gasteiger partial charge in [-0.15, -0.1) is 11.3 Å². The van der Waals surface area contributed by atoms with Gasteiger partial charge in [-0.05, 0) is 53.6 Å². The third-order valence-corrected chi connectivity index (χ3v) is 9.38. The van der Waals surface area contributed by atoms with Crippen LogP contribution in [0.3, 0.4) is 0 Å². The van der Waals surface area contributed by atoms with E-state index in [-0.39, 0.29) is 0 Å². The van der Waals surface area contributed by atoms with Crippen LogP contribution in [0.4, 0.5) is 0 Å². The van der Waals surface area contributed by atoms with E-state index in [0.29, 0.717) is 0 Å². The van der Waals surface area contributed by atoms with Gasteiger partial charge in [-0.1, -0.05) is 103 Å². The number of rotatable bonds is 4. The lowest BCUT2D eigenvalue weighted by atomic mass is 9.99. The molecule has 4 heteroatoms. The molecular weight excluding hydrogens is 545 g/mol. The van der Waals surface area contributed by atoms with E-state index < -0.39 is 0 Å². The van der Waals surface area contributed by atoms with E-state index in [1.165, 1.54) is 20.2 Å². The van der Waals surface area contributed by atoms with Crippen molar-refractivity contribution in [3.63, 3.8) is 0 Å². The van der Waals surface area contributed by atoms with Crippen LogP contribution in [-0.2, 0) is 0 Å². The van der Waals surface area contributed by atoms with Gasteiger partial charge in [-0.3, -0.25) is 4.57 Å². The first-order valence-corrected chi connectivity index (χ1v) is 15.2. The van der Waals surface area contributed by atoms with Crippen molar-refractivity contribution in [2.75, 3.05) is 0 Å². The lowest BCUT2D eigenvalue weighted by Crippen LogP contribution is -1.92. The zero-order valence-electron chi connectivity index (χ0n) is 23.1. The normalized spacial score (nSPS) is 11.7. The molecule has 0 saturated heterocycles. The summed E-state index contributed by atoms with van der Waals surface area (Å²) in [6.45, 7) is 0. The number of hydrogen-bond acceptors (Lipinski definition) is 3. The Kier molecular flexibility index (Phi) is 5.37. The Morgan fingerprint density at radius 2 is 1.16 bits per heavy atom. The Morgan fingerprint density at radius 3 is 1.86 bits per heavy atom. The van der Waals surface area contributed by atoms with Crippen LogP contribution in [0.25, 0.3) is 81.7 Å². The van der Waals surface area contributed by atoms with Crippen LogP contribution in [0, 0.1) is 0 Å². The predicted octanol–water partition coefficient (Wildman–Crippen LogP) is 11.1. The fourth-order valence-electron chi connectivity index (χ4n) is 6.19. The number of furan rings is 1. The second-order valence-corrected chi connectivity index (χ2v) is 11.9. The molecule has 0 radical (unpaired) electrons. The lowest BCUT2D eigenvalue weighted by molar-refractivity contribution is 0.649. The standard InChI is InChI=1S/C39H24N2OS/c1-4-12-25(13-5-1)32-23-28(24-33(40-32)26-14-6-2-7-15-26)27-20-21-35-31(22-27)37-38(43-35)36-30-18-10-11-19-34(30)41(39(36)42-37)29-16-8-3-9-17-29/h1-24H. The highest BCUT2D eigenvalue weighted by Crippen LogP contribution is 2.46. The lowest BCUT2D eigenvalue weighted by Gasteiger charge is -2.10. The summed E-state index contributed by atoms with van der Waals surface area (Å²) < 4.78 is 11.5. The molecule has 202 valence electrons. The second kappa shape index (κ2) is 9.55. The molecule has 0 atom stereocenters. The quantitative estimate of drug-likeness (QED) is 0.211. The number of pyridine rings is 1. The van der Waals surface area contributed by atoms with Gasteiger partial charge < -0.3 is 4.42 Å². The monoisotopic (exact) mass is 568 g/mol. The van der Waals surface area contributed by atoms with Crippen molar-refractivity contribution in [2.24, 2.45) is 0 Å². The van der Waals surface area contributed by atoms with Gasteiger partial charge in [-0.2, -0.15) is 0 Å². The van der Waals surface area contributed by atoms with Crippen LogP contribution in [0.2, 0.25) is 0 Å². The Balaban J connectivity index is 1.28. The van der Waals surface area contributed by atoms with Gasteiger partial charge >= 0.3 is 0 Å². The van der Waals surface area contributed by atoms with Gasteiger partial charge in [0.1, 0.15) is 0 Å². The summed E-state index contributed by atoms with van der Waals surface area (Å²) in [4.78, 5) is 5.07. The van der Waals surface area contributed by atoms with Crippen LogP contribution in [-0.4, -0.2) is 9.55 Å². The van der Waals surface area contributed by atoms with E-state index >= 15 is 0 Å². The van der Waals surface area contributed by atoms with E-state index in [2.05, 4.69) is 132 Å². The third kappa shape index (κ3) is 3.84. The third-order valence-electron chi connectivity index (χ3n) is 8.21. The summed E-state index contributed by atoms with van der Waals surface area (Å²) in [6.07, 6.45) is 0. The molecule has 0 fully saturated rings. The van der Waals surface area contributed by atoms with Crippen molar-refractivity contribution >= 4 is 53.7 Å². The summed E-state index contributed by atoms with van der Waals surface area (Å²) >= 11 is 1.81. The zero-order chi connectivity index (χ0) is 28.3. The molecule has 4 heterocycles. The molecule has 0 bridgehead atoms. The Bertz CT molecular complexity index is 2380. The average Bonchev–Trinajstić information content (AvgIpc) is 3.72. The first-order valence-electron chi connectivity index (χ1n) is 14.4. The van der Waals surface area contributed by atoms with Gasteiger partial charge in [0, 0.05) is 32.3 Å². The van der Waals surface area contributed by atoms with Crippen molar-refractivity contribution in [1.29, 1.82) is 0 Å². The predicted molar refractivity (Wildman–Crippen MR) is 180 cm³/mol. The molecule has 0 N–H and O–H groups in total. The number of thiophene rings is 1. The molecule has 0 aliphatic carbocycles. The molecule has 43 heavy (non-hydrogen) atoms. The van der Waals surface area contributed by atoms with Gasteiger partial charge in [0.15, 0.2) is 5.58 Å². The van der Waals surface area contributed by atoms with E-state index in [1.54, 1.807) is 11.3 Å².